The molecule has 0 spiro atoms. The predicted octanol–water partition coefficient (Wildman–Crippen LogP) is 3.17. The smallest absolute Gasteiger partial charge is 0.108 e. The Kier molecular flexibility index (Phi) is 3.16. The quantitative estimate of drug-likeness (QED) is 0.868. The molecule has 0 saturated carbocycles. The van der Waals surface area contributed by atoms with Crippen LogP contribution in [-0.4, -0.2) is 17.3 Å². The highest BCUT2D eigenvalue weighted by Crippen LogP contribution is 2.38. The van der Waals surface area contributed by atoms with Crippen LogP contribution in [0.25, 0.3) is 0 Å². The molecular formula is C16H22O2. The van der Waals surface area contributed by atoms with Crippen LogP contribution in [-0.2, 0) is 17.6 Å². The molecule has 1 aromatic rings. The monoisotopic (exact) mass is 246 g/mol. The topological polar surface area (TPSA) is 29.5 Å². The maximum Gasteiger partial charge on any atom is 0.108 e. The van der Waals surface area contributed by atoms with Gasteiger partial charge in [0.25, 0.3) is 0 Å². The molecule has 18 heavy (non-hydrogen) atoms. The van der Waals surface area contributed by atoms with Crippen molar-refractivity contribution in [3.63, 3.8) is 0 Å². The summed E-state index contributed by atoms with van der Waals surface area (Å²) in [4.78, 5) is 0. The van der Waals surface area contributed by atoms with Gasteiger partial charge >= 0.3 is 0 Å². The molecule has 1 aliphatic carbocycles. The van der Waals surface area contributed by atoms with Crippen molar-refractivity contribution in [2.45, 2.75) is 57.2 Å². The van der Waals surface area contributed by atoms with Gasteiger partial charge in [-0.25, -0.2) is 0 Å². The Morgan fingerprint density at radius 2 is 1.94 bits per heavy atom. The van der Waals surface area contributed by atoms with Gasteiger partial charge in [-0.05, 0) is 62.1 Å². The van der Waals surface area contributed by atoms with Crippen molar-refractivity contribution >= 4 is 0 Å². The normalized spacial score (nSPS) is 29.0. The molecule has 1 aliphatic heterocycles. The molecule has 0 radical (unpaired) electrons. The second kappa shape index (κ2) is 4.67. The SMILES string of the molecule is CC1(C(O)c2ccc3c(c2)CCCC3)CCCO1. The molecule has 1 fully saturated rings. The molecule has 1 N–H and O–H groups in total. The van der Waals surface area contributed by atoms with Crippen LogP contribution in [0.2, 0.25) is 0 Å². The lowest BCUT2D eigenvalue weighted by Gasteiger charge is -2.30. The van der Waals surface area contributed by atoms with Gasteiger partial charge in [0.2, 0.25) is 0 Å². The number of ether oxygens (including phenoxy) is 1. The Morgan fingerprint density at radius 3 is 2.67 bits per heavy atom. The molecule has 0 aromatic heterocycles. The summed E-state index contributed by atoms with van der Waals surface area (Å²) >= 11 is 0. The van der Waals surface area contributed by atoms with Crippen LogP contribution < -0.4 is 0 Å². The second-order valence-corrected chi connectivity index (χ2v) is 5.90. The van der Waals surface area contributed by atoms with Crippen LogP contribution in [0.5, 0.6) is 0 Å². The fourth-order valence-electron chi connectivity index (χ4n) is 3.29. The highest BCUT2D eigenvalue weighted by molar-refractivity contribution is 5.35. The van der Waals surface area contributed by atoms with Crippen LogP contribution in [0, 0.1) is 0 Å². The van der Waals surface area contributed by atoms with Crippen molar-refractivity contribution in [2.24, 2.45) is 0 Å². The number of hydrogen-bond donors (Lipinski definition) is 1. The number of hydrogen-bond acceptors (Lipinski definition) is 2. The van der Waals surface area contributed by atoms with E-state index in [1.165, 1.54) is 30.4 Å². The van der Waals surface area contributed by atoms with E-state index in [9.17, 15) is 5.11 Å². The number of fused-ring (bicyclic) bond motifs is 1. The Hall–Kier alpha value is -0.860. The van der Waals surface area contributed by atoms with Crippen LogP contribution in [0.3, 0.4) is 0 Å². The number of aryl methyl sites for hydroxylation is 2. The summed E-state index contributed by atoms with van der Waals surface area (Å²) in [5.74, 6) is 0. The lowest BCUT2D eigenvalue weighted by atomic mass is 9.85. The van der Waals surface area contributed by atoms with E-state index in [1.807, 2.05) is 6.92 Å². The first-order chi connectivity index (χ1) is 8.69. The minimum atomic E-state index is -0.493. The van der Waals surface area contributed by atoms with E-state index in [0.29, 0.717) is 0 Å². The molecule has 3 rings (SSSR count). The summed E-state index contributed by atoms with van der Waals surface area (Å²) in [6.07, 6.45) is 6.44. The highest BCUT2D eigenvalue weighted by Gasteiger charge is 2.38. The third kappa shape index (κ3) is 2.08. The first-order valence-electron chi connectivity index (χ1n) is 7.13. The summed E-state index contributed by atoms with van der Waals surface area (Å²) in [5.41, 5.74) is 3.54. The zero-order chi connectivity index (χ0) is 12.6. The molecule has 2 heteroatoms. The molecule has 2 nitrogen and oxygen atoms in total. The molecule has 2 unspecified atom stereocenters. The van der Waals surface area contributed by atoms with E-state index in [-0.39, 0.29) is 5.60 Å². The minimum absolute atomic E-state index is 0.386. The minimum Gasteiger partial charge on any atom is -0.385 e. The Labute approximate surface area is 109 Å². The number of rotatable bonds is 2. The van der Waals surface area contributed by atoms with E-state index in [2.05, 4.69) is 18.2 Å². The summed E-state index contributed by atoms with van der Waals surface area (Å²) in [6.45, 7) is 2.81. The lowest BCUT2D eigenvalue weighted by Crippen LogP contribution is -2.32. The van der Waals surface area contributed by atoms with Gasteiger partial charge in [0, 0.05) is 6.61 Å². The molecule has 98 valence electrons. The van der Waals surface area contributed by atoms with Crippen molar-refractivity contribution in [1.82, 2.24) is 0 Å². The van der Waals surface area contributed by atoms with E-state index in [1.54, 1.807) is 0 Å². The van der Waals surface area contributed by atoms with E-state index in [4.69, 9.17) is 4.74 Å². The molecule has 1 heterocycles. The van der Waals surface area contributed by atoms with Crippen LogP contribution >= 0.6 is 0 Å². The Morgan fingerprint density at radius 1 is 1.17 bits per heavy atom. The number of benzene rings is 1. The largest absolute Gasteiger partial charge is 0.385 e. The summed E-state index contributed by atoms with van der Waals surface area (Å²) in [6, 6.07) is 6.49. The Bertz CT molecular complexity index is 433. The standard InChI is InChI=1S/C16H22O2/c1-16(9-4-10-18-16)15(17)14-8-7-12-5-2-3-6-13(12)11-14/h7-8,11,15,17H,2-6,9-10H2,1H3. The maximum absolute atomic E-state index is 10.6. The third-order valence-electron chi connectivity index (χ3n) is 4.52. The van der Waals surface area contributed by atoms with E-state index in [0.717, 1.165) is 31.4 Å². The maximum atomic E-state index is 10.6. The van der Waals surface area contributed by atoms with Gasteiger partial charge in [0.1, 0.15) is 6.10 Å². The van der Waals surface area contributed by atoms with Gasteiger partial charge in [0.15, 0.2) is 0 Å². The van der Waals surface area contributed by atoms with Crippen molar-refractivity contribution in [3.8, 4) is 0 Å². The highest BCUT2D eigenvalue weighted by atomic mass is 16.5. The van der Waals surface area contributed by atoms with E-state index < -0.39 is 6.10 Å². The van der Waals surface area contributed by atoms with Crippen molar-refractivity contribution < 1.29 is 9.84 Å². The predicted molar refractivity (Wildman–Crippen MR) is 71.6 cm³/mol. The molecule has 2 atom stereocenters. The van der Waals surface area contributed by atoms with Gasteiger partial charge in [-0.3, -0.25) is 0 Å². The average Bonchev–Trinajstić information content (AvgIpc) is 2.85. The molecule has 1 saturated heterocycles. The van der Waals surface area contributed by atoms with Gasteiger partial charge in [0.05, 0.1) is 5.60 Å². The molecule has 2 aliphatic rings. The van der Waals surface area contributed by atoms with Gasteiger partial charge in [-0.15, -0.1) is 0 Å². The molecule has 0 bridgehead atoms. The fourth-order valence-corrected chi connectivity index (χ4v) is 3.29. The van der Waals surface area contributed by atoms with Crippen LogP contribution in [0.15, 0.2) is 18.2 Å². The first-order valence-corrected chi connectivity index (χ1v) is 7.13. The van der Waals surface area contributed by atoms with Crippen molar-refractivity contribution in [3.05, 3.63) is 34.9 Å². The van der Waals surface area contributed by atoms with Gasteiger partial charge in [-0.1, -0.05) is 18.2 Å². The van der Waals surface area contributed by atoms with Gasteiger partial charge in [-0.2, -0.15) is 0 Å². The summed E-state index contributed by atoms with van der Waals surface area (Å²) in [5, 5.41) is 10.6. The van der Waals surface area contributed by atoms with Crippen LogP contribution in [0.1, 0.15) is 55.4 Å². The molecular weight excluding hydrogens is 224 g/mol. The summed E-state index contributed by atoms with van der Waals surface area (Å²) in [7, 11) is 0. The lowest BCUT2D eigenvalue weighted by molar-refractivity contribution is -0.0796. The Balaban J connectivity index is 1.87. The van der Waals surface area contributed by atoms with Gasteiger partial charge < -0.3 is 9.84 Å². The molecule has 0 amide bonds. The fraction of sp³-hybridized carbons (Fsp3) is 0.625. The number of aliphatic hydroxyl groups is 1. The van der Waals surface area contributed by atoms with Crippen molar-refractivity contribution in [1.29, 1.82) is 0 Å². The van der Waals surface area contributed by atoms with Crippen molar-refractivity contribution in [2.75, 3.05) is 6.61 Å². The zero-order valence-electron chi connectivity index (χ0n) is 11.1. The molecule has 1 aromatic carbocycles. The second-order valence-electron chi connectivity index (χ2n) is 5.90. The third-order valence-corrected chi connectivity index (χ3v) is 4.52. The first kappa shape index (κ1) is 12.2. The number of aliphatic hydroxyl groups excluding tert-OH is 1. The average molecular weight is 246 g/mol. The van der Waals surface area contributed by atoms with E-state index >= 15 is 0 Å². The summed E-state index contributed by atoms with van der Waals surface area (Å²) < 4.78 is 5.75. The zero-order valence-corrected chi connectivity index (χ0v) is 11.1. The van der Waals surface area contributed by atoms with Crippen LogP contribution in [0.4, 0.5) is 0 Å².